The molecule has 2 N–H and O–H groups in total. The van der Waals surface area contributed by atoms with Crippen molar-refractivity contribution in [1.29, 1.82) is 0 Å². The Morgan fingerprint density at radius 3 is 2.44 bits per heavy atom. The molecular formula is C34H42KN5O5. The van der Waals surface area contributed by atoms with Gasteiger partial charge in [-0.05, 0) is 63.1 Å². The van der Waals surface area contributed by atoms with Gasteiger partial charge >= 0.3 is 57.4 Å². The fourth-order valence-corrected chi connectivity index (χ4v) is 6.40. The minimum atomic E-state index is -0.858. The van der Waals surface area contributed by atoms with E-state index in [1.807, 2.05) is 39.4 Å². The number of fused-ring (bicyclic) bond motifs is 1. The molecule has 0 atom stereocenters. The Hall–Kier alpha value is -2.35. The number of ether oxygens (including phenoxy) is 1. The number of hydrogen-bond acceptors (Lipinski definition) is 8. The number of hydrazine groups is 1. The van der Waals surface area contributed by atoms with Crippen molar-refractivity contribution >= 4 is 68.7 Å². The summed E-state index contributed by atoms with van der Waals surface area (Å²) in [7, 11) is 0. The van der Waals surface area contributed by atoms with Crippen molar-refractivity contribution in [2.24, 2.45) is 0 Å². The van der Waals surface area contributed by atoms with Gasteiger partial charge in [0.25, 0.3) is 5.56 Å². The van der Waals surface area contributed by atoms with Gasteiger partial charge in [0.15, 0.2) is 0 Å². The Kier molecular flexibility index (Phi) is 11.0. The number of aryl methyl sites for hydroxylation is 1. The Labute approximate surface area is 306 Å². The van der Waals surface area contributed by atoms with Crippen LogP contribution in [0.4, 0.5) is 5.69 Å². The molecule has 0 spiro atoms. The van der Waals surface area contributed by atoms with Gasteiger partial charge in [0, 0.05) is 29.7 Å². The second kappa shape index (κ2) is 14.6. The zero-order chi connectivity index (χ0) is 30.8. The van der Waals surface area contributed by atoms with Crippen molar-refractivity contribution in [3.05, 3.63) is 88.0 Å². The van der Waals surface area contributed by atoms with Crippen LogP contribution >= 0.6 is 0 Å². The predicted octanol–water partition coefficient (Wildman–Crippen LogP) is 4.11. The summed E-state index contributed by atoms with van der Waals surface area (Å²) < 4.78 is 9.92. The number of carbonyl (C=O) groups is 1. The molecule has 1 aliphatic carbocycles. The SMILES string of the molecule is CCCc1c(Cc2ccc(-c3ccccc3N3CC(=O)ON3)cc2)c(=O)n(C2CCC(OCC(C)(C)O)CC2)c2ccnn12.[KH]. The third kappa shape index (κ3) is 7.63. The molecule has 2 aliphatic rings. The third-order valence-corrected chi connectivity index (χ3v) is 8.52. The van der Waals surface area contributed by atoms with E-state index in [1.165, 1.54) is 0 Å². The van der Waals surface area contributed by atoms with Gasteiger partial charge in [-0.2, -0.15) is 5.10 Å². The monoisotopic (exact) mass is 639 g/mol. The van der Waals surface area contributed by atoms with E-state index >= 15 is 0 Å². The fourth-order valence-electron chi connectivity index (χ4n) is 6.40. The van der Waals surface area contributed by atoms with Crippen LogP contribution in [0.3, 0.4) is 0 Å². The van der Waals surface area contributed by atoms with Gasteiger partial charge in [0.2, 0.25) is 0 Å². The van der Waals surface area contributed by atoms with Gasteiger partial charge in [-0.25, -0.2) is 9.31 Å². The number of aromatic nitrogens is 3. The molecule has 1 saturated carbocycles. The second-order valence-electron chi connectivity index (χ2n) is 12.5. The van der Waals surface area contributed by atoms with Crippen LogP contribution in [0.5, 0.6) is 0 Å². The molecule has 2 fully saturated rings. The number of rotatable bonds is 10. The molecular weight excluding hydrogens is 598 g/mol. The van der Waals surface area contributed by atoms with Crippen LogP contribution in [0.1, 0.15) is 75.7 Å². The summed E-state index contributed by atoms with van der Waals surface area (Å²) in [6.07, 6.45) is 7.40. The molecule has 0 bridgehead atoms. The summed E-state index contributed by atoms with van der Waals surface area (Å²) in [5.41, 5.74) is 8.34. The van der Waals surface area contributed by atoms with E-state index in [9.17, 15) is 14.7 Å². The molecule has 2 aromatic carbocycles. The quantitative estimate of drug-likeness (QED) is 0.250. The molecule has 6 rings (SSSR count). The molecule has 2 aromatic heterocycles. The molecule has 0 radical (unpaired) electrons. The normalized spacial score (nSPS) is 18.7. The first kappa shape index (κ1) is 34.0. The van der Waals surface area contributed by atoms with Crippen molar-refractivity contribution in [3.63, 3.8) is 0 Å². The standard InChI is InChI=1S/C34H41N5O5.K.H/c1-4-7-30-28(20-23-10-12-24(13-11-23)27-8-5-6-9-29(27)37-21-32(40)44-36-37)33(41)38(31-18-19-35-39(30)31)25-14-16-26(17-15-25)43-22-34(2,3)42;;/h5-6,8-13,18-19,25-26,36,42H,4,7,14-17,20-22H2,1-3H3;;. The molecule has 3 heterocycles. The summed E-state index contributed by atoms with van der Waals surface area (Å²) >= 11 is 0. The van der Waals surface area contributed by atoms with E-state index in [-0.39, 0.29) is 81.6 Å². The molecule has 1 aliphatic heterocycles. The summed E-state index contributed by atoms with van der Waals surface area (Å²) in [5.74, 6) is -0.329. The van der Waals surface area contributed by atoms with E-state index in [0.29, 0.717) is 13.0 Å². The maximum atomic E-state index is 14.3. The summed E-state index contributed by atoms with van der Waals surface area (Å²) in [6, 6.07) is 18.1. The first-order valence-corrected chi connectivity index (χ1v) is 15.6. The average molecular weight is 640 g/mol. The topological polar surface area (TPSA) is 110 Å². The van der Waals surface area contributed by atoms with Crippen LogP contribution in [-0.2, 0) is 27.2 Å². The molecule has 11 heteroatoms. The first-order valence-electron chi connectivity index (χ1n) is 15.6. The van der Waals surface area contributed by atoms with Crippen LogP contribution in [0.2, 0.25) is 0 Å². The molecule has 1 saturated heterocycles. The van der Waals surface area contributed by atoms with Gasteiger partial charge in [0.05, 0.1) is 35.9 Å². The van der Waals surface area contributed by atoms with E-state index < -0.39 is 5.60 Å². The van der Waals surface area contributed by atoms with Crippen molar-refractivity contribution in [2.45, 2.75) is 83.5 Å². The van der Waals surface area contributed by atoms with E-state index in [1.54, 1.807) is 25.1 Å². The molecule has 4 aromatic rings. The number of carbonyl (C=O) groups excluding carboxylic acids is 1. The number of aliphatic hydroxyl groups is 1. The number of para-hydroxylation sites is 1. The maximum absolute atomic E-state index is 14.3. The number of hydrogen-bond donors (Lipinski definition) is 2. The Morgan fingerprint density at radius 1 is 1.04 bits per heavy atom. The van der Waals surface area contributed by atoms with Gasteiger partial charge in [0.1, 0.15) is 12.2 Å². The van der Waals surface area contributed by atoms with E-state index in [2.05, 4.69) is 41.9 Å². The minimum absolute atomic E-state index is 0. The van der Waals surface area contributed by atoms with Crippen LogP contribution in [0.15, 0.2) is 65.6 Å². The number of anilines is 1. The van der Waals surface area contributed by atoms with Crippen LogP contribution in [-0.4, -0.2) is 101 Å². The van der Waals surface area contributed by atoms with E-state index in [4.69, 9.17) is 9.57 Å². The fraction of sp³-hybridized carbons (Fsp3) is 0.441. The van der Waals surface area contributed by atoms with Crippen molar-refractivity contribution in [2.75, 3.05) is 18.2 Å². The van der Waals surface area contributed by atoms with Crippen LogP contribution in [0, 0.1) is 0 Å². The number of nitrogens with one attached hydrogen (secondary N) is 1. The zero-order valence-electron chi connectivity index (χ0n) is 25.7. The number of benzene rings is 2. The van der Waals surface area contributed by atoms with Crippen LogP contribution in [0.25, 0.3) is 16.8 Å². The molecule has 0 unspecified atom stereocenters. The summed E-state index contributed by atoms with van der Waals surface area (Å²) in [6.45, 7) is 6.07. The van der Waals surface area contributed by atoms with Gasteiger partial charge in [-0.3, -0.25) is 14.4 Å². The Bertz CT molecular complexity index is 1690. The number of nitrogens with zero attached hydrogens (tertiary/aromatic N) is 4. The van der Waals surface area contributed by atoms with Crippen molar-refractivity contribution in [3.8, 4) is 11.1 Å². The molecule has 45 heavy (non-hydrogen) atoms. The second-order valence-corrected chi connectivity index (χ2v) is 12.5. The third-order valence-electron chi connectivity index (χ3n) is 8.52. The Balaban J connectivity index is 0.00000400. The van der Waals surface area contributed by atoms with Crippen LogP contribution < -0.4 is 16.2 Å². The Morgan fingerprint density at radius 2 is 1.78 bits per heavy atom. The average Bonchev–Trinajstić information content (AvgIpc) is 3.68. The molecule has 234 valence electrons. The predicted molar refractivity (Wildman–Crippen MR) is 175 cm³/mol. The van der Waals surface area contributed by atoms with E-state index in [0.717, 1.165) is 77.8 Å². The first-order chi connectivity index (χ1) is 21.2. The van der Waals surface area contributed by atoms with Crippen molar-refractivity contribution < 1.29 is 19.5 Å². The molecule has 10 nitrogen and oxygen atoms in total. The van der Waals surface area contributed by atoms with Crippen molar-refractivity contribution in [1.82, 2.24) is 19.8 Å². The zero-order valence-corrected chi connectivity index (χ0v) is 25.7. The summed E-state index contributed by atoms with van der Waals surface area (Å²) in [5, 5.41) is 16.4. The van der Waals surface area contributed by atoms with Gasteiger partial charge < -0.3 is 14.7 Å². The van der Waals surface area contributed by atoms with Gasteiger partial charge in [-0.1, -0.05) is 61.4 Å². The summed E-state index contributed by atoms with van der Waals surface area (Å²) in [4.78, 5) is 30.9. The molecule has 0 amide bonds. The van der Waals surface area contributed by atoms with Gasteiger partial charge in [-0.15, -0.1) is 0 Å².